The SMILES string of the molecule is COC(=O)c1ccc(C=C2Sc3ccccc3N(Cc3ccccc3F)C2=O)cc1. The molecule has 0 saturated heterocycles. The third-order valence-corrected chi connectivity index (χ3v) is 5.83. The van der Waals surface area contributed by atoms with Crippen LogP contribution in [0.4, 0.5) is 10.1 Å². The average Bonchev–Trinajstić information content (AvgIpc) is 2.78. The summed E-state index contributed by atoms with van der Waals surface area (Å²) in [6, 6.07) is 20.9. The number of fused-ring (bicyclic) bond motifs is 1. The number of amides is 1. The summed E-state index contributed by atoms with van der Waals surface area (Å²) in [4.78, 5) is 27.9. The highest BCUT2D eigenvalue weighted by Crippen LogP contribution is 2.42. The van der Waals surface area contributed by atoms with Crippen LogP contribution in [0.1, 0.15) is 21.5 Å². The lowest BCUT2D eigenvalue weighted by Crippen LogP contribution is -2.34. The maximum atomic E-state index is 14.2. The van der Waals surface area contributed by atoms with Crippen LogP contribution in [0.3, 0.4) is 0 Å². The summed E-state index contributed by atoms with van der Waals surface area (Å²) in [5.41, 5.74) is 2.43. The van der Waals surface area contributed by atoms with Gasteiger partial charge in [-0.25, -0.2) is 9.18 Å². The van der Waals surface area contributed by atoms with Crippen molar-refractivity contribution < 1.29 is 18.7 Å². The van der Waals surface area contributed by atoms with Crippen LogP contribution in [0.5, 0.6) is 0 Å². The molecule has 3 aromatic carbocycles. The van der Waals surface area contributed by atoms with Crippen LogP contribution in [-0.2, 0) is 16.1 Å². The first kappa shape index (κ1) is 19.9. The molecule has 1 aliphatic heterocycles. The number of ether oxygens (including phenoxy) is 1. The predicted octanol–water partition coefficient (Wildman–Crippen LogP) is 5.29. The van der Waals surface area contributed by atoms with E-state index in [1.54, 1.807) is 53.4 Å². The molecule has 4 nitrogen and oxygen atoms in total. The molecule has 1 aliphatic rings. The molecule has 0 spiro atoms. The van der Waals surface area contributed by atoms with Gasteiger partial charge in [0.25, 0.3) is 5.91 Å². The molecule has 0 aliphatic carbocycles. The third-order valence-electron chi connectivity index (χ3n) is 4.75. The number of carbonyl (C=O) groups is 2. The predicted molar refractivity (Wildman–Crippen MR) is 116 cm³/mol. The zero-order valence-electron chi connectivity index (χ0n) is 16.2. The van der Waals surface area contributed by atoms with Crippen LogP contribution in [0.2, 0.25) is 0 Å². The molecule has 0 aromatic heterocycles. The second kappa shape index (κ2) is 8.55. The molecule has 0 fully saturated rings. The Kier molecular flexibility index (Phi) is 5.68. The van der Waals surface area contributed by atoms with Gasteiger partial charge in [0.2, 0.25) is 0 Å². The fourth-order valence-corrected chi connectivity index (χ4v) is 4.26. The van der Waals surface area contributed by atoms with Crippen molar-refractivity contribution in [3.05, 3.63) is 100 Å². The molecular weight excluding hydrogens is 401 g/mol. The lowest BCUT2D eigenvalue weighted by atomic mass is 10.1. The van der Waals surface area contributed by atoms with Gasteiger partial charge in [0, 0.05) is 10.5 Å². The van der Waals surface area contributed by atoms with Gasteiger partial charge in [-0.05, 0) is 42.0 Å². The Hall–Kier alpha value is -3.38. The molecule has 1 heterocycles. The lowest BCUT2D eigenvalue weighted by molar-refractivity contribution is -0.114. The number of hydrogen-bond donors (Lipinski definition) is 0. The number of hydrogen-bond acceptors (Lipinski definition) is 4. The highest BCUT2D eigenvalue weighted by atomic mass is 32.2. The fourth-order valence-electron chi connectivity index (χ4n) is 3.20. The van der Waals surface area contributed by atoms with Gasteiger partial charge in [-0.1, -0.05) is 54.2 Å². The monoisotopic (exact) mass is 419 g/mol. The number of thioether (sulfide) groups is 1. The maximum Gasteiger partial charge on any atom is 0.337 e. The summed E-state index contributed by atoms with van der Waals surface area (Å²) in [5, 5.41) is 0. The van der Waals surface area contributed by atoms with Gasteiger partial charge in [-0.15, -0.1) is 0 Å². The van der Waals surface area contributed by atoms with E-state index in [-0.39, 0.29) is 18.3 Å². The minimum atomic E-state index is -0.415. The molecule has 0 radical (unpaired) electrons. The Balaban J connectivity index is 1.69. The number of para-hydroxylation sites is 1. The quantitative estimate of drug-likeness (QED) is 0.426. The fraction of sp³-hybridized carbons (Fsp3) is 0.0833. The molecule has 0 unspecified atom stereocenters. The van der Waals surface area contributed by atoms with Gasteiger partial charge >= 0.3 is 5.97 Å². The van der Waals surface area contributed by atoms with Crippen molar-refractivity contribution in [2.45, 2.75) is 11.4 Å². The Labute approximate surface area is 178 Å². The summed E-state index contributed by atoms with van der Waals surface area (Å²) in [5.74, 6) is -0.953. The molecular formula is C24H18FNO3S. The number of esters is 1. The zero-order chi connectivity index (χ0) is 21.1. The molecule has 0 N–H and O–H groups in total. The van der Waals surface area contributed by atoms with E-state index >= 15 is 0 Å². The highest BCUT2D eigenvalue weighted by Gasteiger charge is 2.29. The third kappa shape index (κ3) is 4.00. The second-order valence-electron chi connectivity index (χ2n) is 6.67. The lowest BCUT2D eigenvalue weighted by Gasteiger charge is -2.30. The number of nitrogens with zero attached hydrogens (tertiary/aromatic N) is 1. The number of rotatable bonds is 4. The number of carbonyl (C=O) groups excluding carboxylic acids is 2. The Morgan fingerprint density at radius 3 is 2.47 bits per heavy atom. The Morgan fingerprint density at radius 1 is 1.03 bits per heavy atom. The van der Waals surface area contributed by atoms with E-state index in [0.717, 1.165) is 16.1 Å². The van der Waals surface area contributed by atoms with Crippen molar-refractivity contribution in [3.63, 3.8) is 0 Å². The second-order valence-corrected chi connectivity index (χ2v) is 7.76. The number of halogens is 1. The molecule has 150 valence electrons. The van der Waals surface area contributed by atoms with Gasteiger partial charge in [-0.3, -0.25) is 4.79 Å². The molecule has 0 bridgehead atoms. The van der Waals surface area contributed by atoms with Crippen molar-refractivity contribution in [1.82, 2.24) is 0 Å². The van der Waals surface area contributed by atoms with Gasteiger partial charge in [0.15, 0.2) is 0 Å². The number of anilines is 1. The van der Waals surface area contributed by atoms with E-state index in [2.05, 4.69) is 0 Å². The topological polar surface area (TPSA) is 46.6 Å². The van der Waals surface area contributed by atoms with Crippen LogP contribution < -0.4 is 4.90 Å². The summed E-state index contributed by atoms with van der Waals surface area (Å²) in [7, 11) is 1.33. The van der Waals surface area contributed by atoms with Crippen molar-refractivity contribution in [3.8, 4) is 0 Å². The molecule has 4 rings (SSSR count). The molecule has 6 heteroatoms. The summed E-state index contributed by atoms with van der Waals surface area (Å²) < 4.78 is 18.9. The van der Waals surface area contributed by atoms with Gasteiger partial charge in [-0.2, -0.15) is 0 Å². The van der Waals surface area contributed by atoms with Gasteiger partial charge in [0.05, 0.1) is 29.8 Å². The number of methoxy groups -OCH3 is 1. The largest absolute Gasteiger partial charge is 0.465 e. The van der Waals surface area contributed by atoms with E-state index in [1.807, 2.05) is 24.3 Å². The zero-order valence-corrected chi connectivity index (χ0v) is 17.0. The molecule has 0 saturated carbocycles. The van der Waals surface area contributed by atoms with Crippen LogP contribution >= 0.6 is 11.8 Å². The molecule has 1 amide bonds. The van der Waals surface area contributed by atoms with Gasteiger partial charge < -0.3 is 9.64 Å². The highest BCUT2D eigenvalue weighted by molar-refractivity contribution is 8.04. The van der Waals surface area contributed by atoms with E-state index in [1.165, 1.54) is 24.9 Å². The summed E-state index contributed by atoms with van der Waals surface area (Å²) in [6.45, 7) is 0.141. The Morgan fingerprint density at radius 2 is 1.73 bits per heavy atom. The van der Waals surface area contributed by atoms with Crippen LogP contribution in [0.25, 0.3) is 6.08 Å². The summed E-state index contributed by atoms with van der Waals surface area (Å²) >= 11 is 1.38. The minimum absolute atomic E-state index is 0.141. The first-order chi connectivity index (χ1) is 14.6. The van der Waals surface area contributed by atoms with Crippen LogP contribution in [-0.4, -0.2) is 19.0 Å². The first-order valence-corrected chi connectivity index (χ1v) is 10.1. The minimum Gasteiger partial charge on any atom is -0.465 e. The number of benzene rings is 3. The normalized spacial score (nSPS) is 14.5. The van der Waals surface area contributed by atoms with Crippen molar-refractivity contribution in [2.75, 3.05) is 12.0 Å². The van der Waals surface area contributed by atoms with Crippen molar-refractivity contribution in [2.24, 2.45) is 0 Å². The molecule has 0 atom stereocenters. The van der Waals surface area contributed by atoms with Crippen LogP contribution in [0, 0.1) is 5.82 Å². The van der Waals surface area contributed by atoms with E-state index in [9.17, 15) is 14.0 Å². The van der Waals surface area contributed by atoms with E-state index in [4.69, 9.17) is 4.74 Å². The van der Waals surface area contributed by atoms with Crippen LogP contribution in [0.15, 0.2) is 82.6 Å². The van der Waals surface area contributed by atoms with E-state index < -0.39 is 5.97 Å². The van der Waals surface area contributed by atoms with Crippen molar-refractivity contribution >= 4 is 35.4 Å². The molecule has 30 heavy (non-hydrogen) atoms. The average molecular weight is 419 g/mol. The standard InChI is InChI=1S/C24H18FNO3S/c1-29-24(28)17-12-10-16(11-13-17)14-22-23(27)26(15-18-6-2-3-7-19(18)25)20-8-4-5-9-21(20)30-22/h2-14H,15H2,1H3. The molecule has 3 aromatic rings. The van der Waals surface area contributed by atoms with Gasteiger partial charge in [0.1, 0.15) is 5.82 Å². The smallest absolute Gasteiger partial charge is 0.337 e. The van der Waals surface area contributed by atoms with E-state index in [0.29, 0.717) is 16.0 Å². The summed E-state index contributed by atoms with van der Waals surface area (Å²) in [6.07, 6.45) is 1.78. The Bertz CT molecular complexity index is 1140. The first-order valence-electron chi connectivity index (χ1n) is 9.29. The maximum absolute atomic E-state index is 14.2. The van der Waals surface area contributed by atoms with Crippen molar-refractivity contribution in [1.29, 1.82) is 0 Å².